The zero-order chi connectivity index (χ0) is 19.4. The number of carboxylic acid groups (broad SMARTS) is 1. The van der Waals surface area contributed by atoms with Gasteiger partial charge in [-0.1, -0.05) is 26.0 Å². The number of hydrogen-bond acceptors (Lipinski definition) is 2. The molecule has 0 saturated carbocycles. The largest absolute Gasteiger partial charge is 0.496 e. The standard InChI is InChI=1S/C19H18FNO3.C2H6/c1-11-14(10-19(22)23)16-9-18(24-3)15(8-17(16)21(11)2)12-4-6-13(20)7-5-12;1-2/h4-9H,10H2,1-3H3,(H,22,23);1-2H3. The van der Waals surface area contributed by atoms with E-state index in [-0.39, 0.29) is 12.2 Å². The van der Waals surface area contributed by atoms with Gasteiger partial charge in [-0.2, -0.15) is 0 Å². The average molecular weight is 357 g/mol. The van der Waals surface area contributed by atoms with Crippen molar-refractivity contribution < 1.29 is 19.0 Å². The minimum absolute atomic E-state index is 0.0395. The van der Waals surface area contributed by atoms with E-state index < -0.39 is 5.97 Å². The first-order chi connectivity index (χ1) is 12.4. The molecule has 0 atom stereocenters. The summed E-state index contributed by atoms with van der Waals surface area (Å²) in [5.74, 6) is -0.532. The first-order valence-electron chi connectivity index (χ1n) is 8.56. The molecule has 3 rings (SSSR count). The predicted molar refractivity (Wildman–Crippen MR) is 102 cm³/mol. The molecule has 2 aromatic carbocycles. The summed E-state index contributed by atoms with van der Waals surface area (Å²) in [6.07, 6.45) is -0.0395. The van der Waals surface area contributed by atoms with E-state index >= 15 is 0 Å². The summed E-state index contributed by atoms with van der Waals surface area (Å²) in [6, 6.07) is 10.0. The Bertz CT molecular complexity index is 927. The molecule has 3 aromatic rings. The van der Waals surface area contributed by atoms with Crippen molar-refractivity contribution in [1.82, 2.24) is 4.57 Å². The smallest absolute Gasteiger partial charge is 0.307 e. The van der Waals surface area contributed by atoms with Crippen molar-refractivity contribution >= 4 is 16.9 Å². The number of carbonyl (C=O) groups is 1. The summed E-state index contributed by atoms with van der Waals surface area (Å²) in [4.78, 5) is 11.2. The molecule has 0 saturated heterocycles. The number of rotatable bonds is 4. The van der Waals surface area contributed by atoms with Crippen molar-refractivity contribution in [3.8, 4) is 16.9 Å². The molecule has 0 aliphatic carbocycles. The molecule has 4 nitrogen and oxygen atoms in total. The van der Waals surface area contributed by atoms with Crippen LogP contribution in [0.5, 0.6) is 5.75 Å². The summed E-state index contributed by atoms with van der Waals surface area (Å²) < 4.78 is 20.7. The highest BCUT2D eigenvalue weighted by atomic mass is 19.1. The van der Waals surface area contributed by atoms with Crippen molar-refractivity contribution in [3.63, 3.8) is 0 Å². The lowest BCUT2D eigenvalue weighted by Gasteiger charge is -2.10. The van der Waals surface area contributed by atoms with Crippen LogP contribution in [0.3, 0.4) is 0 Å². The van der Waals surface area contributed by atoms with Crippen LogP contribution in [-0.4, -0.2) is 22.8 Å². The maximum absolute atomic E-state index is 13.2. The SMILES string of the molecule is CC.COc1cc2c(CC(=O)O)c(C)n(C)c2cc1-c1ccc(F)cc1. The number of carboxylic acids is 1. The number of nitrogens with zero attached hydrogens (tertiary/aromatic N) is 1. The highest BCUT2D eigenvalue weighted by molar-refractivity contribution is 5.94. The molecule has 138 valence electrons. The van der Waals surface area contributed by atoms with Crippen molar-refractivity contribution in [2.24, 2.45) is 7.05 Å². The van der Waals surface area contributed by atoms with Gasteiger partial charge in [-0.15, -0.1) is 0 Å². The van der Waals surface area contributed by atoms with E-state index in [1.165, 1.54) is 12.1 Å². The van der Waals surface area contributed by atoms with Crippen LogP contribution < -0.4 is 4.74 Å². The van der Waals surface area contributed by atoms with Crippen molar-refractivity contribution in [2.45, 2.75) is 27.2 Å². The van der Waals surface area contributed by atoms with Gasteiger partial charge >= 0.3 is 5.97 Å². The van der Waals surface area contributed by atoms with E-state index in [9.17, 15) is 9.18 Å². The molecular weight excluding hydrogens is 333 g/mol. The Labute approximate surface area is 152 Å². The van der Waals surface area contributed by atoms with E-state index in [1.807, 2.05) is 44.5 Å². The Hall–Kier alpha value is -2.82. The van der Waals surface area contributed by atoms with Gasteiger partial charge in [0, 0.05) is 29.2 Å². The van der Waals surface area contributed by atoms with Crippen LogP contribution in [0.15, 0.2) is 36.4 Å². The Morgan fingerprint density at radius 3 is 2.35 bits per heavy atom. The van der Waals surface area contributed by atoms with E-state index in [4.69, 9.17) is 9.84 Å². The van der Waals surface area contributed by atoms with Crippen LogP contribution in [0.25, 0.3) is 22.0 Å². The summed E-state index contributed by atoms with van der Waals surface area (Å²) >= 11 is 0. The monoisotopic (exact) mass is 357 g/mol. The van der Waals surface area contributed by atoms with Crippen molar-refractivity contribution in [3.05, 3.63) is 53.5 Å². The lowest BCUT2D eigenvalue weighted by Crippen LogP contribution is -2.01. The zero-order valence-corrected chi connectivity index (χ0v) is 15.8. The number of aryl methyl sites for hydroxylation is 1. The molecule has 0 radical (unpaired) electrons. The molecule has 0 amide bonds. The van der Waals surface area contributed by atoms with Gasteiger partial charge in [-0.05, 0) is 42.3 Å². The third-order valence-electron chi connectivity index (χ3n) is 4.43. The number of aliphatic carboxylic acids is 1. The number of hydrogen-bond donors (Lipinski definition) is 1. The summed E-state index contributed by atoms with van der Waals surface area (Å²) in [5, 5.41) is 10.0. The number of fused-ring (bicyclic) bond motifs is 1. The molecular formula is C21H24FNO3. The van der Waals surface area contributed by atoms with Crippen molar-refractivity contribution in [2.75, 3.05) is 7.11 Å². The average Bonchev–Trinajstić information content (AvgIpc) is 2.87. The fraction of sp³-hybridized carbons (Fsp3) is 0.286. The van der Waals surface area contributed by atoms with E-state index in [2.05, 4.69) is 0 Å². The Kier molecular flexibility index (Phi) is 6.03. The maximum atomic E-state index is 13.2. The van der Waals surface area contributed by atoms with Gasteiger partial charge in [0.25, 0.3) is 0 Å². The second-order valence-corrected chi connectivity index (χ2v) is 5.77. The topological polar surface area (TPSA) is 51.5 Å². The fourth-order valence-electron chi connectivity index (χ4n) is 3.06. The zero-order valence-electron chi connectivity index (χ0n) is 15.8. The van der Waals surface area contributed by atoms with Gasteiger partial charge in [-0.3, -0.25) is 4.79 Å². The van der Waals surface area contributed by atoms with Crippen LogP contribution >= 0.6 is 0 Å². The van der Waals surface area contributed by atoms with Crippen molar-refractivity contribution in [1.29, 1.82) is 0 Å². The second kappa shape index (κ2) is 8.04. The Morgan fingerprint density at radius 2 is 1.81 bits per heavy atom. The third kappa shape index (κ3) is 3.57. The lowest BCUT2D eigenvalue weighted by molar-refractivity contribution is -0.136. The van der Waals surface area contributed by atoms with Crippen LogP contribution in [0.1, 0.15) is 25.1 Å². The highest BCUT2D eigenvalue weighted by Gasteiger charge is 2.18. The molecule has 0 bridgehead atoms. The Morgan fingerprint density at radius 1 is 1.19 bits per heavy atom. The van der Waals surface area contributed by atoms with Gasteiger partial charge in [-0.25, -0.2) is 4.39 Å². The lowest BCUT2D eigenvalue weighted by atomic mass is 10.0. The molecule has 0 aliphatic rings. The van der Waals surface area contributed by atoms with E-state index in [0.717, 1.165) is 33.3 Å². The van der Waals surface area contributed by atoms with Gasteiger partial charge < -0.3 is 14.4 Å². The van der Waals surface area contributed by atoms with E-state index in [0.29, 0.717) is 5.75 Å². The van der Waals surface area contributed by atoms with Crippen LogP contribution in [-0.2, 0) is 18.3 Å². The molecule has 26 heavy (non-hydrogen) atoms. The second-order valence-electron chi connectivity index (χ2n) is 5.77. The van der Waals surface area contributed by atoms with Gasteiger partial charge in [0.15, 0.2) is 0 Å². The van der Waals surface area contributed by atoms with Gasteiger partial charge in [0.1, 0.15) is 11.6 Å². The third-order valence-corrected chi connectivity index (χ3v) is 4.43. The molecule has 0 spiro atoms. The predicted octanol–water partition coefficient (Wildman–Crippen LogP) is 4.95. The molecule has 1 heterocycles. The van der Waals surface area contributed by atoms with Gasteiger partial charge in [0.2, 0.25) is 0 Å². The highest BCUT2D eigenvalue weighted by Crippen LogP contribution is 2.37. The number of ether oxygens (including phenoxy) is 1. The summed E-state index contributed by atoms with van der Waals surface area (Å²) in [6.45, 7) is 5.91. The number of halogens is 1. The van der Waals surface area contributed by atoms with Crippen LogP contribution in [0.4, 0.5) is 4.39 Å². The maximum Gasteiger partial charge on any atom is 0.307 e. The molecule has 1 aromatic heterocycles. The molecule has 0 aliphatic heterocycles. The minimum Gasteiger partial charge on any atom is -0.496 e. The Balaban J connectivity index is 0.00000117. The van der Waals surface area contributed by atoms with E-state index in [1.54, 1.807) is 19.2 Å². The summed E-state index contributed by atoms with van der Waals surface area (Å²) in [5.41, 5.74) is 4.29. The number of methoxy groups -OCH3 is 1. The van der Waals surface area contributed by atoms with Crippen LogP contribution in [0.2, 0.25) is 0 Å². The fourth-order valence-corrected chi connectivity index (χ4v) is 3.06. The molecule has 1 N–H and O–H groups in total. The molecule has 0 unspecified atom stereocenters. The summed E-state index contributed by atoms with van der Waals surface area (Å²) in [7, 11) is 3.48. The van der Waals surface area contributed by atoms with Gasteiger partial charge in [0.05, 0.1) is 13.5 Å². The molecule has 0 fully saturated rings. The normalized spacial score (nSPS) is 10.4. The van der Waals surface area contributed by atoms with Crippen LogP contribution in [0, 0.1) is 12.7 Å². The quantitative estimate of drug-likeness (QED) is 0.718. The minimum atomic E-state index is -0.868. The number of aromatic nitrogens is 1. The first kappa shape index (κ1) is 19.5. The molecule has 5 heteroatoms. The first-order valence-corrected chi connectivity index (χ1v) is 8.56. The number of benzene rings is 2.